The first-order valence-corrected chi connectivity index (χ1v) is 7.27. The summed E-state index contributed by atoms with van der Waals surface area (Å²) in [6.07, 6.45) is 0.658. The van der Waals surface area contributed by atoms with Gasteiger partial charge < -0.3 is 5.32 Å². The number of nitrogens with one attached hydrogen (secondary N) is 1. The zero-order valence-corrected chi connectivity index (χ0v) is 12.9. The number of nitrogens with zero attached hydrogens (tertiary/aromatic N) is 1. The Labute approximate surface area is 130 Å². The number of hydrogen-bond acceptors (Lipinski definition) is 3. The molecule has 6 heteroatoms. The zero-order chi connectivity index (χ0) is 15.4. The van der Waals surface area contributed by atoms with E-state index in [0.29, 0.717) is 22.1 Å². The highest BCUT2D eigenvalue weighted by Crippen LogP contribution is 2.31. The van der Waals surface area contributed by atoms with Crippen molar-refractivity contribution in [1.29, 1.82) is 0 Å². The van der Waals surface area contributed by atoms with E-state index < -0.39 is 4.92 Å². The highest BCUT2D eigenvalue weighted by atomic mass is 79.9. The molecule has 0 fully saturated rings. The average molecular weight is 353 g/mol. The Kier molecular flexibility index (Phi) is 4.90. The van der Waals surface area contributed by atoms with E-state index in [0.717, 1.165) is 0 Å². The first kappa shape index (κ1) is 15.4. The molecule has 0 spiro atoms. The first-order valence-electron chi connectivity index (χ1n) is 6.47. The number of nitro benzene ring substituents is 1. The normalized spacial score (nSPS) is 12.0. The van der Waals surface area contributed by atoms with E-state index >= 15 is 0 Å². The van der Waals surface area contributed by atoms with Crippen molar-refractivity contribution >= 4 is 27.3 Å². The molecule has 21 heavy (non-hydrogen) atoms. The van der Waals surface area contributed by atoms with Crippen LogP contribution in [0.15, 0.2) is 46.9 Å². The summed E-state index contributed by atoms with van der Waals surface area (Å²) < 4.78 is 14.3. The van der Waals surface area contributed by atoms with Gasteiger partial charge in [-0.25, -0.2) is 4.39 Å². The highest BCUT2D eigenvalue weighted by Gasteiger charge is 2.16. The van der Waals surface area contributed by atoms with Crippen LogP contribution >= 0.6 is 15.9 Å². The van der Waals surface area contributed by atoms with E-state index in [1.54, 1.807) is 30.3 Å². The predicted molar refractivity (Wildman–Crippen MR) is 83.9 cm³/mol. The fourth-order valence-electron chi connectivity index (χ4n) is 2.10. The van der Waals surface area contributed by atoms with Gasteiger partial charge in [0.2, 0.25) is 0 Å². The summed E-state index contributed by atoms with van der Waals surface area (Å²) >= 11 is 3.14. The van der Waals surface area contributed by atoms with Crippen LogP contribution in [-0.2, 0) is 0 Å². The van der Waals surface area contributed by atoms with Crippen molar-refractivity contribution < 1.29 is 9.31 Å². The monoisotopic (exact) mass is 352 g/mol. The fraction of sp³-hybridized carbons (Fsp3) is 0.200. The van der Waals surface area contributed by atoms with Gasteiger partial charge in [0.25, 0.3) is 5.69 Å². The van der Waals surface area contributed by atoms with Crippen LogP contribution in [0.5, 0.6) is 0 Å². The molecular weight excluding hydrogens is 339 g/mol. The second-order valence-electron chi connectivity index (χ2n) is 4.55. The van der Waals surface area contributed by atoms with Crippen LogP contribution in [0.4, 0.5) is 15.8 Å². The standard InChI is InChI=1S/C15H14BrFN2O2/c1-2-14(11-5-3-4-6-13(11)17)18-10-7-8-12(16)15(9-10)19(20)21/h3-9,14,18H,2H2,1H3. The topological polar surface area (TPSA) is 55.2 Å². The van der Waals surface area contributed by atoms with Crippen molar-refractivity contribution in [2.45, 2.75) is 19.4 Å². The highest BCUT2D eigenvalue weighted by molar-refractivity contribution is 9.10. The fourth-order valence-corrected chi connectivity index (χ4v) is 2.49. The Balaban J connectivity index is 2.29. The molecular formula is C15H14BrFN2O2. The second-order valence-corrected chi connectivity index (χ2v) is 5.40. The van der Waals surface area contributed by atoms with Crippen LogP contribution in [0.2, 0.25) is 0 Å². The van der Waals surface area contributed by atoms with E-state index in [4.69, 9.17) is 0 Å². The van der Waals surface area contributed by atoms with E-state index in [-0.39, 0.29) is 17.5 Å². The van der Waals surface area contributed by atoms with E-state index in [1.165, 1.54) is 12.1 Å². The van der Waals surface area contributed by atoms with Gasteiger partial charge in [-0.3, -0.25) is 10.1 Å². The summed E-state index contributed by atoms with van der Waals surface area (Å²) in [6, 6.07) is 11.0. The molecule has 2 rings (SSSR count). The minimum atomic E-state index is -0.459. The first-order chi connectivity index (χ1) is 10.0. The van der Waals surface area contributed by atoms with Gasteiger partial charge in [-0.1, -0.05) is 25.1 Å². The zero-order valence-electron chi connectivity index (χ0n) is 11.3. The molecule has 0 aliphatic carbocycles. The minimum Gasteiger partial charge on any atom is -0.378 e. The quantitative estimate of drug-likeness (QED) is 0.604. The van der Waals surface area contributed by atoms with Gasteiger partial charge >= 0.3 is 0 Å². The third-order valence-electron chi connectivity index (χ3n) is 3.17. The van der Waals surface area contributed by atoms with Gasteiger partial charge in [-0.15, -0.1) is 0 Å². The molecule has 2 aromatic rings. The summed E-state index contributed by atoms with van der Waals surface area (Å²) in [5.74, 6) is -0.288. The van der Waals surface area contributed by atoms with Crippen molar-refractivity contribution in [2.24, 2.45) is 0 Å². The Morgan fingerprint density at radius 2 is 2.05 bits per heavy atom. The van der Waals surface area contributed by atoms with Crippen molar-refractivity contribution in [2.75, 3.05) is 5.32 Å². The molecule has 0 radical (unpaired) electrons. The van der Waals surface area contributed by atoms with Crippen LogP contribution in [0.1, 0.15) is 24.9 Å². The van der Waals surface area contributed by atoms with Crippen LogP contribution in [0, 0.1) is 15.9 Å². The summed E-state index contributed by atoms with van der Waals surface area (Å²) in [5.41, 5.74) is 1.11. The third kappa shape index (κ3) is 3.58. The largest absolute Gasteiger partial charge is 0.378 e. The molecule has 0 amide bonds. The van der Waals surface area contributed by atoms with Gasteiger partial charge in [-0.05, 0) is 40.5 Å². The lowest BCUT2D eigenvalue weighted by Crippen LogP contribution is -2.11. The van der Waals surface area contributed by atoms with Crippen LogP contribution in [0.3, 0.4) is 0 Å². The molecule has 0 aliphatic heterocycles. The molecule has 110 valence electrons. The molecule has 1 unspecified atom stereocenters. The number of anilines is 1. The van der Waals surface area contributed by atoms with E-state index in [2.05, 4.69) is 21.2 Å². The van der Waals surface area contributed by atoms with Crippen molar-refractivity contribution in [1.82, 2.24) is 0 Å². The molecule has 0 saturated heterocycles. The number of halogens is 2. The minimum absolute atomic E-state index is 0.0246. The van der Waals surface area contributed by atoms with Crippen molar-refractivity contribution in [3.05, 3.63) is 68.4 Å². The smallest absolute Gasteiger partial charge is 0.285 e. The molecule has 0 heterocycles. The third-order valence-corrected chi connectivity index (χ3v) is 3.84. The van der Waals surface area contributed by atoms with Gasteiger partial charge in [0.1, 0.15) is 5.82 Å². The second kappa shape index (κ2) is 6.67. The molecule has 0 aromatic heterocycles. The lowest BCUT2D eigenvalue weighted by Gasteiger charge is -2.19. The summed E-state index contributed by atoms with van der Waals surface area (Å²) in [6.45, 7) is 1.93. The van der Waals surface area contributed by atoms with Gasteiger partial charge in [0.05, 0.1) is 15.4 Å². The maximum atomic E-state index is 13.8. The maximum Gasteiger partial charge on any atom is 0.285 e. The number of benzene rings is 2. The number of nitro groups is 1. The summed E-state index contributed by atoms with van der Waals surface area (Å²) in [4.78, 5) is 10.5. The van der Waals surface area contributed by atoms with E-state index in [1.807, 2.05) is 6.92 Å². The molecule has 0 saturated carbocycles. The SMILES string of the molecule is CCC(Nc1ccc(Br)c([N+](=O)[O-])c1)c1ccccc1F. The number of hydrogen-bond donors (Lipinski definition) is 1. The molecule has 2 aromatic carbocycles. The average Bonchev–Trinajstić information content (AvgIpc) is 2.47. The van der Waals surface area contributed by atoms with Gasteiger partial charge in [-0.2, -0.15) is 0 Å². The van der Waals surface area contributed by atoms with Crippen LogP contribution in [0.25, 0.3) is 0 Å². The Morgan fingerprint density at radius 3 is 2.67 bits per heavy atom. The molecule has 1 N–H and O–H groups in total. The molecule has 1 atom stereocenters. The van der Waals surface area contributed by atoms with Crippen LogP contribution < -0.4 is 5.32 Å². The molecule has 0 aliphatic rings. The lowest BCUT2D eigenvalue weighted by atomic mass is 10.0. The maximum absolute atomic E-state index is 13.8. The summed E-state index contributed by atoms with van der Waals surface area (Å²) in [5, 5.41) is 14.1. The van der Waals surface area contributed by atoms with Gasteiger partial charge in [0.15, 0.2) is 0 Å². The van der Waals surface area contributed by atoms with Gasteiger partial charge in [0, 0.05) is 17.3 Å². The number of rotatable bonds is 5. The van der Waals surface area contributed by atoms with Crippen molar-refractivity contribution in [3.8, 4) is 0 Å². The van der Waals surface area contributed by atoms with E-state index in [9.17, 15) is 14.5 Å². The molecule has 0 bridgehead atoms. The molecule has 4 nitrogen and oxygen atoms in total. The van der Waals surface area contributed by atoms with Crippen LogP contribution in [-0.4, -0.2) is 4.92 Å². The Hall–Kier alpha value is -1.95. The van der Waals surface area contributed by atoms with Crippen molar-refractivity contribution in [3.63, 3.8) is 0 Å². The lowest BCUT2D eigenvalue weighted by molar-refractivity contribution is -0.385. The summed E-state index contributed by atoms with van der Waals surface area (Å²) in [7, 11) is 0. The Morgan fingerprint density at radius 1 is 1.33 bits per heavy atom. The Bertz CT molecular complexity index is 664. The predicted octanol–water partition coefficient (Wildman–Crippen LogP) is 5.06.